The van der Waals surface area contributed by atoms with Gasteiger partial charge in [-0.3, -0.25) is 9.59 Å². The maximum atomic E-state index is 11.8. The van der Waals surface area contributed by atoms with Gasteiger partial charge >= 0.3 is 5.97 Å². The fourth-order valence-corrected chi connectivity index (χ4v) is 1.95. The third-order valence-corrected chi connectivity index (χ3v) is 3.16. The number of carboxylic acid groups (broad SMARTS) is 1. The molecule has 0 aromatic heterocycles. The van der Waals surface area contributed by atoms with Crippen molar-refractivity contribution in [1.29, 1.82) is 0 Å². The van der Waals surface area contributed by atoms with Crippen molar-refractivity contribution in [1.82, 2.24) is 5.32 Å². The lowest BCUT2D eigenvalue weighted by atomic mass is 10.0. The number of benzene rings is 1. The summed E-state index contributed by atoms with van der Waals surface area (Å²) in [6.45, 7) is 3.89. The molecule has 0 aliphatic rings. The molecule has 104 valence electrons. The third-order valence-electron chi connectivity index (χ3n) is 3.16. The molecule has 0 fully saturated rings. The maximum Gasteiger partial charge on any atom is 0.305 e. The average Bonchev–Trinajstić information content (AvgIpc) is 2.36. The molecular formula is C15H21NO3. The lowest BCUT2D eigenvalue weighted by Gasteiger charge is -2.15. The largest absolute Gasteiger partial charge is 0.481 e. The summed E-state index contributed by atoms with van der Waals surface area (Å²) in [6, 6.07) is 7.68. The van der Waals surface area contributed by atoms with Crippen LogP contribution in [0.15, 0.2) is 24.3 Å². The van der Waals surface area contributed by atoms with Gasteiger partial charge in [-0.15, -0.1) is 0 Å². The van der Waals surface area contributed by atoms with Crippen molar-refractivity contribution in [2.45, 2.75) is 45.6 Å². The van der Waals surface area contributed by atoms with Crippen molar-refractivity contribution in [3.63, 3.8) is 0 Å². The number of nitrogens with one attached hydrogen (secondary N) is 1. The van der Waals surface area contributed by atoms with E-state index in [1.54, 1.807) is 0 Å². The molecule has 1 unspecified atom stereocenters. The highest BCUT2D eigenvalue weighted by molar-refractivity contribution is 5.77. The third kappa shape index (κ3) is 5.55. The normalized spacial score (nSPS) is 11.9. The van der Waals surface area contributed by atoms with Gasteiger partial charge in [0.05, 0.1) is 6.42 Å². The van der Waals surface area contributed by atoms with Gasteiger partial charge < -0.3 is 10.4 Å². The standard InChI is InChI=1S/C15H21NO3/c1-3-13(10-15(18)19)16-14(17)9-8-12-7-5-4-6-11(12)2/h4-7,13H,3,8-10H2,1-2H3,(H,16,17)(H,18,19). The number of hydrogen-bond acceptors (Lipinski definition) is 2. The second-order valence-corrected chi connectivity index (χ2v) is 4.70. The second kappa shape index (κ2) is 7.56. The molecule has 4 nitrogen and oxygen atoms in total. The summed E-state index contributed by atoms with van der Waals surface area (Å²) in [7, 11) is 0. The molecule has 4 heteroatoms. The minimum absolute atomic E-state index is 0.0212. The molecule has 19 heavy (non-hydrogen) atoms. The van der Waals surface area contributed by atoms with E-state index in [1.165, 1.54) is 5.56 Å². The first kappa shape index (κ1) is 15.2. The van der Waals surface area contributed by atoms with Crippen LogP contribution in [0.1, 0.15) is 37.3 Å². The summed E-state index contributed by atoms with van der Waals surface area (Å²) < 4.78 is 0. The Kier molecular flexibility index (Phi) is 6.06. The summed E-state index contributed by atoms with van der Waals surface area (Å²) in [6.07, 6.45) is 1.68. The van der Waals surface area contributed by atoms with Crippen LogP contribution >= 0.6 is 0 Å². The molecule has 1 aromatic carbocycles. The van der Waals surface area contributed by atoms with Crippen molar-refractivity contribution >= 4 is 11.9 Å². The van der Waals surface area contributed by atoms with Gasteiger partial charge in [-0.05, 0) is 30.9 Å². The van der Waals surface area contributed by atoms with Crippen LogP contribution in [0.2, 0.25) is 0 Å². The molecular weight excluding hydrogens is 242 g/mol. The summed E-state index contributed by atoms with van der Waals surface area (Å²) in [5.41, 5.74) is 2.33. The Labute approximate surface area is 113 Å². The van der Waals surface area contributed by atoms with Crippen LogP contribution in [0.25, 0.3) is 0 Å². The van der Waals surface area contributed by atoms with Crippen LogP contribution in [-0.2, 0) is 16.0 Å². The minimum Gasteiger partial charge on any atom is -0.481 e. The first-order valence-corrected chi connectivity index (χ1v) is 6.58. The fourth-order valence-electron chi connectivity index (χ4n) is 1.95. The van der Waals surface area contributed by atoms with E-state index in [4.69, 9.17) is 5.11 Å². The second-order valence-electron chi connectivity index (χ2n) is 4.70. The van der Waals surface area contributed by atoms with Crippen LogP contribution < -0.4 is 5.32 Å². The molecule has 0 saturated heterocycles. The Bertz CT molecular complexity index is 443. The number of hydrogen-bond donors (Lipinski definition) is 2. The summed E-state index contributed by atoms with van der Waals surface area (Å²) in [4.78, 5) is 22.4. The van der Waals surface area contributed by atoms with Gasteiger partial charge in [0.25, 0.3) is 0 Å². The topological polar surface area (TPSA) is 66.4 Å². The van der Waals surface area contributed by atoms with E-state index >= 15 is 0 Å². The van der Waals surface area contributed by atoms with Gasteiger partial charge in [-0.1, -0.05) is 31.2 Å². The van der Waals surface area contributed by atoms with E-state index in [0.717, 1.165) is 5.56 Å². The lowest BCUT2D eigenvalue weighted by molar-refractivity contribution is -0.137. The van der Waals surface area contributed by atoms with Crippen LogP contribution in [0, 0.1) is 6.92 Å². The van der Waals surface area contributed by atoms with E-state index in [2.05, 4.69) is 5.32 Å². The summed E-state index contributed by atoms with van der Waals surface area (Å²) in [5.74, 6) is -0.970. The van der Waals surface area contributed by atoms with Crippen LogP contribution in [0.5, 0.6) is 0 Å². The van der Waals surface area contributed by atoms with E-state index in [1.807, 2.05) is 38.1 Å². The van der Waals surface area contributed by atoms with Crippen molar-refractivity contribution in [3.8, 4) is 0 Å². The molecule has 1 rings (SSSR count). The summed E-state index contributed by atoms with van der Waals surface area (Å²) >= 11 is 0. The predicted molar refractivity (Wildman–Crippen MR) is 74.0 cm³/mol. The first-order valence-electron chi connectivity index (χ1n) is 6.58. The number of carbonyl (C=O) groups is 2. The van der Waals surface area contributed by atoms with E-state index in [0.29, 0.717) is 19.3 Å². The molecule has 1 atom stereocenters. The zero-order chi connectivity index (χ0) is 14.3. The zero-order valence-electron chi connectivity index (χ0n) is 11.5. The van der Waals surface area contributed by atoms with Crippen LogP contribution in [0.4, 0.5) is 0 Å². The van der Waals surface area contributed by atoms with E-state index in [-0.39, 0.29) is 18.4 Å². The van der Waals surface area contributed by atoms with Gasteiger partial charge in [0.1, 0.15) is 0 Å². The van der Waals surface area contributed by atoms with Crippen molar-refractivity contribution < 1.29 is 14.7 Å². The molecule has 0 radical (unpaired) electrons. The molecule has 0 saturated carbocycles. The monoisotopic (exact) mass is 263 g/mol. The molecule has 1 aromatic rings. The smallest absolute Gasteiger partial charge is 0.305 e. The van der Waals surface area contributed by atoms with Gasteiger partial charge in [0.2, 0.25) is 5.91 Å². The predicted octanol–water partition coefficient (Wildman–Crippen LogP) is 2.30. The molecule has 0 heterocycles. The van der Waals surface area contributed by atoms with Gasteiger partial charge in [0, 0.05) is 12.5 Å². The molecule has 0 aliphatic carbocycles. The van der Waals surface area contributed by atoms with Crippen molar-refractivity contribution in [2.75, 3.05) is 0 Å². The van der Waals surface area contributed by atoms with Crippen molar-refractivity contribution in [2.24, 2.45) is 0 Å². The SMILES string of the molecule is CCC(CC(=O)O)NC(=O)CCc1ccccc1C. The molecule has 0 spiro atoms. The number of aliphatic carboxylic acids is 1. The highest BCUT2D eigenvalue weighted by Crippen LogP contribution is 2.09. The highest BCUT2D eigenvalue weighted by Gasteiger charge is 2.13. The van der Waals surface area contributed by atoms with Crippen LogP contribution in [0.3, 0.4) is 0 Å². The minimum atomic E-state index is -0.883. The van der Waals surface area contributed by atoms with Gasteiger partial charge in [-0.25, -0.2) is 0 Å². The van der Waals surface area contributed by atoms with E-state index < -0.39 is 5.97 Å². The molecule has 2 N–H and O–H groups in total. The Hall–Kier alpha value is -1.84. The number of amides is 1. The van der Waals surface area contributed by atoms with E-state index in [9.17, 15) is 9.59 Å². The Morgan fingerprint density at radius 2 is 2.00 bits per heavy atom. The Morgan fingerprint density at radius 1 is 1.32 bits per heavy atom. The number of aryl methyl sites for hydroxylation is 2. The Balaban J connectivity index is 2.43. The van der Waals surface area contributed by atoms with Crippen LogP contribution in [-0.4, -0.2) is 23.0 Å². The van der Waals surface area contributed by atoms with Gasteiger partial charge in [0.15, 0.2) is 0 Å². The first-order chi connectivity index (χ1) is 9.02. The fraction of sp³-hybridized carbons (Fsp3) is 0.467. The lowest BCUT2D eigenvalue weighted by Crippen LogP contribution is -2.36. The van der Waals surface area contributed by atoms with Crippen molar-refractivity contribution in [3.05, 3.63) is 35.4 Å². The zero-order valence-corrected chi connectivity index (χ0v) is 11.5. The summed E-state index contributed by atoms with van der Waals surface area (Å²) in [5, 5.41) is 11.5. The molecule has 1 amide bonds. The maximum absolute atomic E-state index is 11.8. The van der Waals surface area contributed by atoms with Gasteiger partial charge in [-0.2, -0.15) is 0 Å². The molecule has 0 bridgehead atoms. The number of rotatable bonds is 7. The molecule has 0 aliphatic heterocycles. The number of carbonyl (C=O) groups excluding carboxylic acids is 1. The quantitative estimate of drug-likeness (QED) is 0.793. The number of carboxylic acids is 1. The average molecular weight is 263 g/mol. The Morgan fingerprint density at radius 3 is 2.58 bits per heavy atom. The highest BCUT2D eigenvalue weighted by atomic mass is 16.4.